The average molecular weight is 438 g/mol. The number of benzene rings is 1. The summed E-state index contributed by atoms with van der Waals surface area (Å²) >= 11 is 1.26. The number of nitrogens with one attached hydrogen (secondary N) is 2. The summed E-state index contributed by atoms with van der Waals surface area (Å²) in [5.41, 5.74) is 8.18. The zero-order chi connectivity index (χ0) is 22.1. The number of amides is 1. The van der Waals surface area contributed by atoms with Gasteiger partial charge in [0.2, 0.25) is 10.8 Å². The van der Waals surface area contributed by atoms with Gasteiger partial charge in [0.05, 0.1) is 12.0 Å². The lowest BCUT2D eigenvalue weighted by atomic mass is 10.1. The van der Waals surface area contributed by atoms with E-state index in [0.717, 1.165) is 10.1 Å². The maximum atomic E-state index is 12.5. The molecule has 31 heavy (non-hydrogen) atoms. The fourth-order valence-corrected chi connectivity index (χ4v) is 3.79. The Balaban J connectivity index is 1.53. The molecule has 0 bridgehead atoms. The van der Waals surface area contributed by atoms with Gasteiger partial charge in [0, 0.05) is 25.0 Å². The minimum Gasteiger partial charge on any atom is -0.315 e. The summed E-state index contributed by atoms with van der Waals surface area (Å²) in [6.45, 7) is -0.161. The number of carbonyl (C=O) groups is 1. The molecule has 0 saturated heterocycles. The first-order chi connectivity index (χ1) is 14.9. The Labute approximate surface area is 177 Å². The third-order valence-corrected chi connectivity index (χ3v) is 5.37. The molecule has 0 spiro atoms. The molecule has 0 radical (unpaired) electrons. The van der Waals surface area contributed by atoms with E-state index < -0.39 is 11.2 Å². The Hall–Kier alpha value is -4.22. The Morgan fingerprint density at radius 3 is 2.68 bits per heavy atom. The molecule has 4 aromatic rings. The number of aryl methyl sites for hydroxylation is 1. The first-order valence-corrected chi connectivity index (χ1v) is 9.81. The van der Waals surface area contributed by atoms with Crippen LogP contribution in [0.5, 0.6) is 0 Å². The number of hydrogen-bond donors (Lipinski definition) is 2. The summed E-state index contributed by atoms with van der Waals surface area (Å²) in [4.78, 5) is 48.5. The van der Waals surface area contributed by atoms with Crippen molar-refractivity contribution in [3.05, 3.63) is 56.8 Å². The van der Waals surface area contributed by atoms with Crippen LogP contribution in [0.2, 0.25) is 0 Å². The third kappa shape index (κ3) is 3.70. The van der Waals surface area contributed by atoms with Crippen molar-refractivity contribution in [3.63, 3.8) is 0 Å². The Morgan fingerprint density at radius 2 is 1.97 bits per heavy atom. The number of fused-ring (bicyclic) bond motifs is 1. The summed E-state index contributed by atoms with van der Waals surface area (Å²) in [5.74, 6) is -0.387. The molecule has 0 saturated carbocycles. The van der Waals surface area contributed by atoms with Crippen molar-refractivity contribution in [1.82, 2.24) is 28.6 Å². The fraction of sp³-hybridized carbons (Fsp3) is 0.167. The van der Waals surface area contributed by atoms with Gasteiger partial charge < -0.3 is 9.88 Å². The van der Waals surface area contributed by atoms with Crippen LogP contribution in [0.1, 0.15) is 0 Å². The highest BCUT2D eigenvalue weighted by molar-refractivity contribution is 7.14. The standard InChI is InChI=1S/C18H15N9O3S/c1-25-15-14(16(29)26(2)18(25)30)27(9-20-15)7-13(28)22-17-21-12(8-31-17)10-3-5-11(6-4-10)23-24-19/h3-6,8-9,19H,7H2,1-2H3/p+1. The maximum Gasteiger partial charge on any atom is 0.332 e. The molecule has 0 aliphatic rings. The Kier molecular flexibility index (Phi) is 5.11. The Morgan fingerprint density at radius 1 is 1.23 bits per heavy atom. The van der Waals surface area contributed by atoms with Crippen LogP contribution in [-0.4, -0.2) is 29.6 Å². The number of imidazole rings is 1. The highest BCUT2D eigenvalue weighted by atomic mass is 32.1. The maximum absolute atomic E-state index is 12.5. The molecular formula is C18H16N9O3S+. The van der Waals surface area contributed by atoms with Crippen molar-refractivity contribution in [1.29, 1.82) is 5.53 Å². The molecule has 0 atom stereocenters. The first kappa shape index (κ1) is 20.1. The van der Waals surface area contributed by atoms with E-state index in [-0.39, 0.29) is 23.6 Å². The summed E-state index contributed by atoms with van der Waals surface area (Å²) in [6.07, 6.45) is 1.36. The van der Waals surface area contributed by atoms with Crippen LogP contribution in [0.25, 0.3) is 22.4 Å². The molecule has 156 valence electrons. The SMILES string of the molecule is Cn1c(=O)c2c(ncn2CC(=O)Nc2nc(-c3ccc(N=[N+]=N)cc3)cs2)n(C)c1=O. The van der Waals surface area contributed by atoms with Gasteiger partial charge >= 0.3 is 5.69 Å². The summed E-state index contributed by atoms with van der Waals surface area (Å²) in [5, 5.41) is 8.55. The van der Waals surface area contributed by atoms with Gasteiger partial charge in [-0.15, -0.1) is 11.3 Å². The minimum absolute atomic E-state index is 0.161. The molecule has 13 heteroatoms. The van der Waals surface area contributed by atoms with Crippen LogP contribution in [0, 0.1) is 5.53 Å². The van der Waals surface area contributed by atoms with Gasteiger partial charge in [-0.25, -0.2) is 14.8 Å². The number of thiazole rings is 1. The van der Waals surface area contributed by atoms with Crippen LogP contribution in [-0.2, 0) is 25.4 Å². The number of rotatable bonds is 5. The number of hydrogen-bond acceptors (Lipinski definition) is 8. The van der Waals surface area contributed by atoms with Crippen molar-refractivity contribution >= 4 is 39.2 Å². The number of anilines is 1. The van der Waals surface area contributed by atoms with Crippen molar-refractivity contribution in [3.8, 4) is 11.3 Å². The normalized spacial score (nSPS) is 10.8. The predicted octanol–water partition coefficient (Wildman–Crippen LogP) is 1.38. The van der Waals surface area contributed by atoms with E-state index in [2.05, 4.69) is 25.3 Å². The summed E-state index contributed by atoms with van der Waals surface area (Å²) in [6, 6.07) is 7.01. The van der Waals surface area contributed by atoms with Crippen molar-refractivity contribution in [2.45, 2.75) is 6.54 Å². The summed E-state index contributed by atoms with van der Waals surface area (Å²) in [7, 11) is 2.89. The van der Waals surface area contributed by atoms with Crippen molar-refractivity contribution in [2.75, 3.05) is 5.32 Å². The van der Waals surface area contributed by atoms with Gasteiger partial charge in [0.1, 0.15) is 12.1 Å². The van der Waals surface area contributed by atoms with Crippen LogP contribution < -0.4 is 21.5 Å². The second-order valence-corrected chi connectivity index (χ2v) is 7.44. The molecule has 12 nitrogen and oxygen atoms in total. The first-order valence-electron chi connectivity index (χ1n) is 8.93. The van der Waals surface area contributed by atoms with Gasteiger partial charge in [-0.2, -0.15) is 0 Å². The van der Waals surface area contributed by atoms with E-state index >= 15 is 0 Å². The molecule has 4 rings (SSSR count). The van der Waals surface area contributed by atoms with E-state index in [1.165, 1.54) is 40.9 Å². The molecule has 0 aliphatic heterocycles. The predicted molar refractivity (Wildman–Crippen MR) is 113 cm³/mol. The lowest BCUT2D eigenvalue weighted by molar-refractivity contribution is -0.116. The largest absolute Gasteiger partial charge is 0.332 e. The van der Waals surface area contributed by atoms with E-state index in [4.69, 9.17) is 5.53 Å². The minimum atomic E-state index is -0.520. The summed E-state index contributed by atoms with van der Waals surface area (Å²) < 4.78 is 3.64. The molecule has 1 aromatic carbocycles. The molecular weight excluding hydrogens is 422 g/mol. The van der Waals surface area contributed by atoms with Crippen LogP contribution in [0.4, 0.5) is 10.8 Å². The highest BCUT2D eigenvalue weighted by Crippen LogP contribution is 2.26. The zero-order valence-corrected chi connectivity index (χ0v) is 17.3. The van der Waals surface area contributed by atoms with Gasteiger partial charge in [-0.1, -0.05) is 12.1 Å². The molecule has 0 fully saturated rings. The molecule has 2 N–H and O–H groups in total. The molecule has 0 unspecified atom stereocenters. The molecule has 0 aliphatic carbocycles. The van der Waals surface area contributed by atoms with Gasteiger partial charge in [-0.05, 0) is 12.1 Å². The van der Waals surface area contributed by atoms with E-state index in [1.54, 1.807) is 29.6 Å². The quantitative estimate of drug-likeness (QED) is 0.356. The number of aromatic nitrogens is 5. The Bertz CT molecular complexity index is 1470. The van der Waals surface area contributed by atoms with Gasteiger partial charge in [0.15, 0.2) is 27.1 Å². The lowest BCUT2D eigenvalue weighted by Crippen LogP contribution is -2.37. The average Bonchev–Trinajstić information content (AvgIpc) is 3.39. The van der Waals surface area contributed by atoms with Crippen LogP contribution >= 0.6 is 11.3 Å². The number of carbonyl (C=O) groups excluding carboxylic acids is 1. The van der Waals surface area contributed by atoms with Gasteiger partial charge in [0.25, 0.3) is 5.56 Å². The topological polar surface area (TPSA) is 154 Å². The van der Waals surface area contributed by atoms with E-state index in [1.807, 2.05) is 0 Å². The zero-order valence-electron chi connectivity index (χ0n) is 16.4. The second kappa shape index (κ2) is 7.89. The fourth-order valence-electron chi connectivity index (χ4n) is 3.05. The van der Waals surface area contributed by atoms with Crippen LogP contribution in [0.15, 0.2) is 50.7 Å². The third-order valence-electron chi connectivity index (χ3n) is 4.61. The monoisotopic (exact) mass is 438 g/mol. The van der Waals surface area contributed by atoms with E-state index in [0.29, 0.717) is 16.5 Å². The lowest BCUT2D eigenvalue weighted by Gasteiger charge is -2.06. The van der Waals surface area contributed by atoms with Crippen molar-refractivity contribution < 1.29 is 4.79 Å². The van der Waals surface area contributed by atoms with Crippen LogP contribution in [0.3, 0.4) is 0 Å². The molecule has 3 aromatic heterocycles. The molecule has 3 heterocycles. The van der Waals surface area contributed by atoms with Gasteiger partial charge in [-0.3, -0.25) is 18.7 Å². The second-order valence-electron chi connectivity index (χ2n) is 6.58. The highest BCUT2D eigenvalue weighted by Gasteiger charge is 2.16. The number of nitrogens with zero attached hydrogens (tertiary/aromatic N) is 7. The molecule has 1 amide bonds. The van der Waals surface area contributed by atoms with E-state index in [9.17, 15) is 14.4 Å². The smallest absolute Gasteiger partial charge is 0.315 e. The van der Waals surface area contributed by atoms with Crippen molar-refractivity contribution in [2.24, 2.45) is 19.2 Å².